The minimum Gasteiger partial charge on any atom is -0.381 e. The molecule has 6 heteroatoms. The first kappa shape index (κ1) is 6.71. The molecule has 0 amide bonds. The monoisotopic (exact) mass is 162 g/mol. The van der Waals surface area contributed by atoms with E-state index in [2.05, 4.69) is 19.9 Å². The first-order valence-electron chi connectivity index (χ1n) is 3.26. The molecule has 0 aliphatic rings. The van der Waals surface area contributed by atoms with E-state index in [-0.39, 0.29) is 11.6 Å². The normalized spacial score (nSPS) is 10.3. The second kappa shape index (κ2) is 2.26. The van der Waals surface area contributed by atoms with Crippen LogP contribution < -0.4 is 11.5 Å². The Kier molecular flexibility index (Phi) is 1.26. The lowest BCUT2D eigenvalue weighted by Gasteiger charge is -1.98. The SMILES string of the molecule is Nc1nc2cncnc2nc1N. The summed E-state index contributed by atoms with van der Waals surface area (Å²) >= 11 is 0. The van der Waals surface area contributed by atoms with Crippen LogP contribution in [-0.4, -0.2) is 19.9 Å². The number of aromatic nitrogens is 4. The Hall–Kier alpha value is -1.98. The molecule has 0 aliphatic heterocycles. The maximum absolute atomic E-state index is 5.43. The number of anilines is 2. The highest BCUT2D eigenvalue weighted by Gasteiger charge is 2.01. The van der Waals surface area contributed by atoms with Crippen molar-refractivity contribution in [3.05, 3.63) is 12.5 Å². The Morgan fingerprint density at radius 2 is 1.83 bits per heavy atom. The largest absolute Gasteiger partial charge is 0.381 e. The molecule has 0 fully saturated rings. The van der Waals surface area contributed by atoms with E-state index in [1.807, 2.05) is 0 Å². The smallest absolute Gasteiger partial charge is 0.183 e. The molecule has 0 spiro atoms. The van der Waals surface area contributed by atoms with Crippen LogP contribution in [0.2, 0.25) is 0 Å². The highest BCUT2D eigenvalue weighted by atomic mass is 15.0. The van der Waals surface area contributed by atoms with Gasteiger partial charge in [0.1, 0.15) is 11.8 Å². The van der Waals surface area contributed by atoms with Gasteiger partial charge in [-0.1, -0.05) is 0 Å². The van der Waals surface area contributed by atoms with Crippen molar-refractivity contribution in [3.63, 3.8) is 0 Å². The lowest BCUT2D eigenvalue weighted by atomic mass is 10.5. The van der Waals surface area contributed by atoms with Gasteiger partial charge in [-0.25, -0.2) is 19.9 Å². The zero-order valence-corrected chi connectivity index (χ0v) is 6.10. The van der Waals surface area contributed by atoms with Crippen LogP contribution in [0.3, 0.4) is 0 Å². The van der Waals surface area contributed by atoms with Gasteiger partial charge in [-0.15, -0.1) is 0 Å². The third-order valence-corrected chi connectivity index (χ3v) is 1.40. The number of hydrogen-bond acceptors (Lipinski definition) is 6. The van der Waals surface area contributed by atoms with Crippen LogP contribution in [-0.2, 0) is 0 Å². The van der Waals surface area contributed by atoms with Gasteiger partial charge in [0, 0.05) is 0 Å². The molecule has 0 saturated carbocycles. The summed E-state index contributed by atoms with van der Waals surface area (Å²) in [6.07, 6.45) is 2.91. The van der Waals surface area contributed by atoms with E-state index in [1.165, 1.54) is 12.5 Å². The summed E-state index contributed by atoms with van der Waals surface area (Å²) in [4.78, 5) is 15.5. The molecule has 2 aromatic rings. The van der Waals surface area contributed by atoms with E-state index in [1.54, 1.807) is 0 Å². The highest BCUT2D eigenvalue weighted by Crippen LogP contribution is 2.11. The van der Waals surface area contributed by atoms with Gasteiger partial charge in [0.15, 0.2) is 17.3 Å². The van der Waals surface area contributed by atoms with E-state index in [9.17, 15) is 0 Å². The number of nitrogen functional groups attached to an aromatic ring is 2. The summed E-state index contributed by atoms with van der Waals surface area (Å²) in [7, 11) is 0. The Labute approximate surface area is 67.7 Å². The number of nitrogens with zero attached hydrogens (tertiary/aromatic N) is 4. The average molecular weight is 162 g/mol. The molecule has 6 nitrogen and oxygen atoms in total. The molecule has 0 saturated heterocycles. The van der Waals surface area contributed by atoms with Gasteiger partial charge in [-0.2, -0.15) is 0 Å². The molecule has 2 rings (SSSR count). The molecule has 60 valence electrons. The number of nitrogens with two attached hydrogens (primary N) is 2. The topological polar surface area (TPSA) is 104 Å². The predicted molar refractivity (Wildman–Crippen MR) is 44.0 cm³/mol. The van der Waals surface area contributed by atoms with Crippen molar-refractivity contribution in [1.29, 1.82) is 0 Å². The highest BCUT2D eigenvalue weighted by molar-refractivity contribution is 5.74. The first-order chi connectivity index (χ1) is 5.77. The Morgan fingerprint density at radius 1 is 1.08 bits per heavy atom. The molecular weight excluding hydrogens is 156 g/mol. The molecular formula is C6H6N6. The van der Waals surface area contributed by atoms with Crippen molar-refractivity contribution in [2.24, 2.45) is 0 Å². The summed E-state index contributed by atoms with van der Waals surface area (Å²) < 4.78 is 0. The van der Waals surface area contributed by atoms with E-state index in [0.29, 0.717) is 11.2 Å². The van der Waals surface area contributed by atoms with Crippen LogP contribution in [0.4, 0.5) is 11.6 Å². The summed E-state index contributed by atoms with van der Waals surface area (Å²) in [6.45, 7) is 0. The van der Waals surface area contributed by atoms with Crippen molar-refractivity contribution in [3.8, 4) is 0 Å². The molecule has 2 heterocycles. The van der Waals surface area contributed by atoms with Gasteiger partial charge in [-0.05, 0) is 0 Å². The van der Waals surface area contributed by atoms with Crippen LogP contribution >= 0.6 is 0 Å². The van der Waals surface area contributed by atoms with Crippen molar-refractivity contribution in [2.75, 3.05) is 11.5 Å². The van der Waals surface area contributed by atoms with Gasteiger partial charge in [0.05, 0.1) is 6.20 Å². The van der Waals surface area contributed by atoms with E-state index in [0.717, 1.165) is 0 Å². The van der Waals surface area contributed by atoms with Crippen molar-refractivity contribution < 1.29 is 0 Å². The summed E-state index contributed by atoms with van der Waals surface area (Å²) in [6, 6.07) is 0. The Bertz CT molecular complexity index is 385. The zero-order chi connectivity index (χ0) is 8.55. The fourth-order valence-electron chi connectivity index (χ4n) is 0.839. The minimum atomic E-state index is 0.196. The minimum absolute atomic E-state index is 0.196. The first-order valence-corrected chi connectivity index (χ1v) is 3.26. The number of hydrogen-bond donors (Lipinski definition) is 2. The molecule has 0 aliphatic carbocycles. The Balaban J connectivity index is 2.84. The lowest BCUT2D eigenvalue weighted by Crippen LogP contribution is -2.02. The third kappa shape index (κ3) is 0.895. The van der Waals surface area contributed by atoms with Crippen LogP contribution in [0.25, 0.3) is 11.2 Å². The van der Waals surface area contributed by atoms with Gasteiger partial charge in [-0.3, -0.25) is 0 Å². The van der Waals surface area contributed by atoms with Crippen LogP contribution in [0.15, 0.2) is 12.5 Å². The predicted octanol–water partition coefficient (Wildman–Crippen LogP) is -0.416. The maximum Gasteiger partial charge on any atom is 0.183 e. The van der Waals surface area contributed by atoms with Gasteiger partial charge in [0.25, 0.3) is 0 Å². The van der Waals surface area contributed by atoms with Crippen molar-refractivity contribution >= 4 is 22.8 Å². The summed E-state index contributed by atoms with van der Waals surface area (Å²) in [5.74, 6) is 0.401. The molecule has 2 aromatic heterocycles. The fourth-order valence-corrected chi connectivity index (χ4v) is 0.839. The van der Waals surface area contributed by atoms with E-state index in [4.69, 9.17) is 11.5 Å². The van der Waals surface area contributed by atoms with Gasteiger partial charge >= 0.3 is 0 Å². The van der Waals surface area contributed by atoms with Crippen LogP contribution in [0, 0.1) is 0 Å². The zero-order valence-electron chi connectivity index (χ0n) is 6.10. The summed E-state index contributed by atoms with van der Waals surface area (Å²) in [5.41, 5.74) is 11.9. The van der Waals surface area contributed by atoms with Crippen molar-refractivity contribution in [1.82, 2.24) is 19.9 Å². The molecule has 12 heavy (non-hydrogen) atoms. The molecule has 0 radical (unpaired) electrons. The van der Waals surface area contributed by atoms with Gasteiger partial charge in [0.2, 0.25) is 0 Å². The van der Waals surface area contributed by atoms with Crippen LogP contribution in [0.5, 0.6) is 0 Å². The Morgan fingerprint density at radius 3 is 2.67 bits per heavy atom. The average Bonchev–Trinajstić information content (AvgIpc) is 2.07. The maximum atomic E-state index is 5.43. The number of fused-ring (bicyclic) bond motifs is 1. The van der Waals surface area contributed by atoms with Crippen molar-refractivity contribution in [2.45, 2.75) is 0 Å². The quantitative estimate of drug-likeness (QED) is 0.545. The standard InChI is InChI=1S/C6H6N6/c7-4-5(8)12-6-3(11-4)1-9-2-10-6/h1-2H,(H2,7,11)(H2,8,9,10,12). The second-order valence-electron chi connectivity index (χ2n) is 2.23. The number of rotatable bonds is 0. The molecule has 4 N–H and O–H groups in total. The van der Waals surface area contributed by atoms with Gasteiger partial charge < -0.3 is 11.5 Å². The fraction of sp³-hybridized carbons (Fsp3) is 0. The lowest BCUT2D eigenvalue weighted by molar-refractivity contribution is 1.15. The molecule has 0 aromatic carbocycles. The third-order valence-electron chi connectivity index (χ3n) is 1.40. The summed E-state index contributed by atoms with van der Waals surface area (Å²) in [5, 5.41) is 0. The van der Waals surface area contributed by atoms with E-state index < -0.39 is 0 Å². The van der Waals surface area contributed by atoms with Crippen LogP contribution in [0.1, 0.15) is 0 Å². The molecule has 0 atom stereocenters. The molecule has 0 bridgehead atoms. The van der Waals surface area contributed by atoms with E-state index >= 15 is 0 Å². The molecule has 0 unspecified atom stereocenters. The second-order valence-corrected chi connectivity index (χ2v) is 2.23.